The Balaban J connectivity index is 2.25. The first kappa shape index (κ1) is 13.0. The van der Waals surface area contributed by atoms with Crippen LogP contribution < -0.4 is 10.6 Å². The Hall–Kier alpha value is -1.10. The van der Waals surface area contributed by atoms with Crippen molar-refractivity contribution in [3.05, 3.63) is 0 Å². The number of nitrogens with zero attached hydrogens (tertiary/aromatic N) is 1. The highest BCUT2D eigenvalue weighted by Gasteiger charge is 2.19. The number of carbonyl (C=O) groups is 2. The minimum atomic E-state index is -0.405. The van der Waals surface area contributed by atoms with E-state index in [1.165, 1.54) is 6.42 Å². The smallest absolute Gasteiger partial charge is 0.321 e. The van der Waals surface area contributed by atoms with E-state index in [-0.39, 0.29) is 5.91 Å². The largest absolute Gasteiger partial charge is 0.338 e. The molecule has 3 amide bonds. The maximum Gasteiger partial charge on any atom is 0.321 e. The second-order valence-corrected chi connectivity index (χ2v) is 4.39. The Labute approximate surface area is 96.6 Å². The molecule has 0 aromatic heterocycles. The van der Waals surface area contributed by atoms with Crippen LogP contribution in [0.25, 0.3) is 0 Å². The maximum absolute atomic E-state index is 11.5. The quantitative estimate of drug-likeness (QED) is 0.740. The van der Waals surface area contributed by atoms with Crippen LogP contribution in [0.4, 0.5) is 4.79 Å². The van der Waals surface area contributed by atoms with E-state index in [1.54, 1.807) is 0 Å². The van der Waals surface area contributed by atoms with E-state index in [0.29, 0.717) is 19.0 Å². The zero-order chi connectivity index (χ0) is 12.0. The van der Waals surface area contributed by atoms with Crippen molar-refractivity contribution in [2.45, 2.75) is 26.7 Å². The molecule has 0 saturated carbocycles. The number of imide groups is 1. The first-order chi connectivity index (χ1) is 7.61. The van der Waals surface area contributed by atoms with Gasteiger partial charge < -0.3 is 5.32 Å². The molecule has 0 unspecified atom stereocenters. The predicted molar refractivity (Wildman–Crippen MR) is 62.1 cm³/mol. The van der Waals surface area contributed by atoms with Gasteiger partial charge in [-0.1, -0.05) is 6.92 Å². The number of hydrogen-bond donors (Lipinski definition) is 2. The Morgan fingerprint density at radius 2 is 2.19 bits per heavy atom. The van der Waals surface area contributed by atoms with Crippen LogP contribution in [-0.4, -0.2) is 43.0 Å². The second kappa shape index (κ2) is 6.48. The molecule has 0 aromatic carbocycles. The molecule has 1 saturated heterocycles. The van der Waals surface area contributed by atoms with Crippen molar-refractivity contribution >= 4 is 11.9 Å². The molecular formula is C11H21N3O2. The normalized spacial score (nSPS) is 21.5. The fourth-order valence-corrected chi connectivity index (χ4v) is 2.00. The third-order valence-corrected chi connectivity index (χ3v) is 2.70. The van der Waals surface area contributed by atoms with Gasteiger partial charge in [-0.25, -0.2) is 4.79 Å². The van der Waals surface area contributed by atoms with Crippen LogP contribution in [0.15, 0.2) is 0 Å². The highest BCUT2D eigenvalue weighted by Crippen LogP contribution is 2.14. The van der Waals surface area contributed by atoms with E-state index < -0.39 is 6.03 Å². The first-order valence-corrected chi connectivity index (χ1v) is 5.91. The van der Waals surface area contributed by atoms with Gasteiger partial charge in [0.2, 0.25) is 5.91 Å². The number of urea groups is 1. The molecule has 2 N–H and O–H groups in total. The standard InChI is InChI=1S/C11H21N3O2/c1-3-12-11(16)13-10(15)8-14-6-4-5-9(2)7-14/h9H,3-8H2,1-2H3,(H2,12,13,15,16)/t9-/m1/s1. The van der Waals surface area contributed by atoms with E-state index in [0.717, 1.165) is 19.5 Å². The summed E-state index contributed by atoms with van der Waals surface area (Å²) >= 11 is 0. The van der Waals surface area contributed by atoms with Crippen molar-refractivity contribution in [1.82, 2.24) is 15.5 Å². The molecule has 0 aliphatic carbocycles. The molecule has 1 rings (SSSR count). The predicted octanol–water partition coefficient (Wildman–Crippen LogP) is 0.564. The molecule has 0 spiro atoms. The van der Waals surface area contributed by atoms with E-state index in [4.69, 9.17) is 0 Å². The minimum absolute atomic E-state index is 0.222. The average Bonchev–Trinajstić information content (AvgIpc) is 2.17. The van der Waals surface area contributed by atoms with Crippen molar-refractivity contribution in [2.24, 2.45) is 5.92 Å². The summed E-state index contributed by atoms with van der Waals surface area (Å²) in [6.45, 7) is 6.75. The lowest BCUT2D eigenvalue weighted by Crippen LogP contribution is -2.46. The molecule has 0 bridgehead atoms. The van der Waals surface area contributed by atoms with Gasteiger partial charge in [0.15, 0.2) is 0 Å². The molecule has 1 heterocycles. The second-order valence-electron chi connectivity index (χ2n) is 4.39. The summed E-state index contributed by atoms with van der Waals surface area (Å²) in [4.78, 5) is 24.7. The number of piperidine rings is 1. The fourth-order valence-electron chi connectivity index (χ4n) is 2.00. The molecule has 1 fully saturated rings. The molecular weight excluding hydrogens is 206 g/mol. The SMILES string of the molecule is CCNC(=O)NC(=O)CN1CCC[C@@H](C)C1. The summed E-state index contributed by atoms with van der Waals surface area (Å²) in [5.74, 6) is 0.422. The molecule has 0 aromatic rings. The molecule has 1 aliphatic rings. The van der Waals surface area contributed by atoms with Crippen LogP contribution in [0.2, 0.25) is 0 Å². The van der Waals surface area contributed by atoms with Crippen molar-refractivity contribution in [3.8, 4) is 0 Å². The number of carbonyl (C=O) groups excluding carboxylic acids is 2. The summed E-state index contributed by atoms with van der Waals surface area (Å²) in [7, 11) is 0. The summed E-state index contributed by atoms with van der Waals surface area (Å²) in [6.07, 6.45) is 2.37. The van der Waals surface area contributed by atoms with Gasteiger partial charge in [0.05, 0.1) is 6.54 Å². The minimum Gasteiger partial charge on any atom is -0.338 e. The number of amides is 3. The highest BCUT2D eigenvalue weighted by atomic mass is 16.2. The van der Waals surface area contributed by atoms with Gasteiger partial charge in [-0.3, -0.25) is 15.0 Å². The van der Waals surface area contributed by atoms with E-state index in [1.807, 2.05) is 6.92 Å². The Kier molecular flexibility index (Phi) is 5.25. The van der Waals surface area contributed by atoms with Gasteiger partial charge in [-0.15, -0.1) is 0 Å². The van der Waals surface area contributed by atoms with Gasteiger partial charge in [0.1, 0.15) is 0 Å². The molecule has 16 heavy (non-hydrogen) atoms. The van der Waals surface area contributed by atoms with Crippen LogP contribution >= 0.6 is 0 Å². The van der Waals surface area contributed by atoms with E-state index in [9.17, 15) is 9.59 Å². The molecule has 5 nitrogen and oxygen atoms in total. The van der Waals surface area contributed by atoms with Crippen molar-refractivity contribution < 1.29 is 9.59 Å². The zero-order valence-corrected chi connectivity index (χ0v) is 10.1. The monoisotopic (exact) mass is 227 g/mol. The van der Waals surface area contributed by atoms with Crippen LogP contribution in [0, 0.1) is 5.92 Å². The molecule has 5 heteroatoms. The van der Waals surface area contributed by atoms with Crippen molar-refractivity contribution in [2.75, 3.05) is 26.2 Å². The van der Waals surface area contributed by atoms with Gasteiger partial charge in [-0.05, 0) is 32.2 Å². The Bertz CT molecular complexity index is 256. The Morgan fingerprint density at radius 1 is 1.44 bits per heavy atom. The summed E-state index contributed by atoms with van der Waals surface area (Å²) in [6, 6.07) is -0.405. The maximum atomic E-state index is 11.5. The lowest BCUT2D eigenvalue weighted by Gasteiger charge is -2.29. The van der Waals surface area contributed by atoms with Crippen LogP contribution in [0.1, 0.15) is 26.7 Å². The van der Waals surface area contributed by atoms with Crippen LogP contribution in [0.5, 0.6) is 0 Å². The highest BCUT2D eigenvalue weighted by molar-refractivity contribution is 5.95. The van der Waals surface area contributed by atoms with Gasteiger partial charge in [0, 0.05) is 13.1 Å². The molecule has 1 atom stereocenters. The number of rotatable bonds is 3. The van der Waals surface area contributed by atoms with E-state index in [2.05, 4.69) is 22.5 Å². The average molecular weight is 227 g/mol. The van der Waals surface area contributed by atoms with Gasteiger partial charge in [0.25, 0.3) is 0 Å². The van der Waals surface area contributed by atoms with Gasteiger partial charge in [-0.2, -0.15) is 0 Å². The topological polar surface area (TPSA) is 61.4 Å². The zero-order valence-electron chi connectivity index (χ0n) is 10.1. The lowest BCUT2D eigenvalue weighted by atomic mass is 10.0. The van der Waals surface area contributed by atoms with Crippen molar-refractivity contribution in [3.63, 3.8) is 0 Å². The van der Waals surface area contributed by atoms with Crippen LogP contribution in [0.3, 0.4) is 0 Å². The van der Waals surface area contributed by atoms with Crippen molar-refractivity contribution in [1.29, 1.82) is 0 Å². The van der Waals surface area contributed by atoms with Gasteiger partial charge >= 0.3 is 6.03 Å². The molecule has 92 valence electrons. The first-order valence-electron chi connectivity index (χ1n) is 5.91. The van der Waals surface area contributed by atoms with E-state index >= 15 is 0 Å². The third-order valence-electron chi connectivity index (χ3n) is 2.70. The lowest BCUT2D eigenvalue weighted by molar-refractivity contribution is -0.121. The molecule has 1 aliphatic heterocycles. The summed E-state index contributed by atoms with van der Waals surface area (Å²) in [5, 5.41) is 4.85. The molecule has 0 radical (unpaired) electrons. The fraction of sp³-hybridized carbons (Fsp3) is 0.818. The summed E-state index contributed by atoms with van der Waals surface area (Å²) < 4.78 is 0. The number of nitrogens with one attached hydrogen (secondary N) is 2. The summed E-state index contributed by atoms with van der Waals surface area (Å²) in [5.41, 5.74) is 0. The van der Waals surface area contributed by atoms with Crippen LogP contribution in [-0.2, 0) is 4.79 Å². The third kappa shape index (κ3) is 4.61. The Morgan fingerprint density at radius 3 is 2.81 bits per heavy atom. The number of likely N-dealkylation sites (tertiary alicyclic amines) is 1. The number of hydrogen-bond acceptors (Lipinski definition) is 3.